The van der Waals surface area contributed by atoms with Gasteiger partial charge < -0.3 is 20.3 Å². The van der Waals surface area contributed by atoms with Crippen LogP contribution in [-0.2, 0) is 4.74 Å². The molecule has 0 heterocycles. The van der Waals surface area contributed by atoms with E-state index in [1.54, 1.807) is 7.11 Å². The van der Waals surface area contributed by atoms with Crippen molar-refractivity contribution in [3.05, 3.63) is 34.3 Å². The third kappa shape index (κ3) is 5.93. The highest BCUT2D eigenvalue weighted by Crippen LogP contribution is 2.17. The van der Waals surface area contributed by atoms with Gasteiger partial charge in [-0.05, 0) is 30.7 Å². The van der Waals surface area contributed by atoms with Gasteiger partial charge in [-0.3, -0.25) is 0 Å². The lowest BCUT2D eigenvalue weighted by molar-refractivity contribution is 0.0586. The fraction of sp³-hybridized carbons (Fsp3) is 0.538. The lowest BCUT2D eigenvalue weighted by Gasteiger charge is -2.14. The number of methoxy groups -OCH3 is 1. The summed E-state index contributed by atoms with van der Waals surface area (Å²) in [6.45, 7) is 1.46. The van der Waals surface area contributed by atoms with Gasteiger partial charge in [-0.15, -0.1) is 0 Å². The number of benzene rings is 1. The van der Waals surface area contributed by atoms with Gasteiger partial charge in [-0.2, -0.15) is 0 Å². The van der Waals surface area contributed by atoms with Crippen LogP contribution in [0.5, 0.6) is 0 Å². The average Bonchev–Trinajstić information content (AvgIpc) is 2.35. The Morgan fingerprint density at radius 1 is 1.39 bits per heavy atom. The Balaban J connectivity index is 2.23. The zero-order valence-corrected chi connectivity index (χ0v) is 12.1. The van der Waals surface area contributed by atoms with Crippen molar-refractivity contribution < 1.29 is 14.9 Å². The van der Waals surface area contributed by atoms with E-state index in [1.165, 1.54) is 0 Å². The van der Waals surface area contributed by atoms with Crippen molar-refractivity contribution in [2.45, 2.75) is 18.6 Å². The maximum absolute atomic E-state index is 9.94. The molecule has 0 aliphatic heterocycles. The fourth-order valence-corrected chi connectivity index (χ4v) is 2.03. The molecule has 0 aliphatic carbocycles. The summed E-state index contributed by atoms with van der Waals surface area (Å²) in [6, 6.07) is 7.60. The first-order valence-electron chi connectivity index (χ1n) is 5.94. The van der Waals surface area contributed by atoms with Crippen LogP contribution in [0, 0.1) is 0 Å². The molecule has 0 aliphatic rings. The van der Waals surface area contributed by atoms with Gasteiger partial charge in [0.1, 0.15) is 0 Å². The molecule has 0 radical (unpaired) electrons. The molecule has 0 saturated heterocycles. The van der Waals surface area contributed by atoms with Crippen LogP contribution in [-0.4, -0.2) is 43.1 Å². The number of aliphatic hydroxyl groups excluding tert-OH is 2. The molecule has 0 fully saturated rings. The SMILES string of the molecule is COCC(O)CCNCC(O)c1cccc(Br)c1. The molecule has 0 aromatic heterocycles. The number of halogens is 1. The molecular formula is C13H20BrNO3. The van der Waals surface area contributed by atoms with Gasteiger partial charge in [-0.25, -0.2) is 0 Å². The van der Waals surface area contributed by atoms with Crippen molar-refractivity contribution in [1.82, 2.24) is 5.32 Å². The van der Waals surface area contributed by atoms with Gasteiger partial charge >= 0.3 is 0 Å². The summed E-state index contributed by atoms with van der Waals surface area (Å²) >= 11 is 3.37. The van der Waals surface area contributed by atoms with Crippen LogP contribution in [0.2, 0.25) is 0 Å². The van der Waals surface area contributed by atoms with Gasteiger partial charge in [-0.1, -0.05) is 28.1 Å². The smallest absolute Gasteiger partial charge is 0.0914 e. The van der Waals surface area contributed by atoms with Crippen molar-refractivity contribution in [3.63, 3.8) is 0 Å². The number of nitrogens with one attached hydrogen (secondary N) is 1. The number of hydrogen-bond donors (Lipinski definition) is 3. The summed E-state index contributed by atoms with van der Waals surface area (Å²) in [5.41, 5.74) is 0.870. The predicted octanol–water partition coefficient (Wildman–Crippen LogP) is 1.47. The summed E-state index contributed by atoms with van der Waals surface area (Å²) in [4.78, 5) is 0. The summed E-state index contributed by atoms with van der Waals surface area (Å²) in [7, 11) is 1.56. The molecule has 0 bridgehead atoms. The van der Waals surface area contributed by atoms with Crippen LogP contribution < -0.4 is 5.32 Å². The molecule has 4 nitrogen and oxygen atoms in total. The van der Waals surface area contributed by atoms with Crippen molar-refractivity contribution in [3.8, 4) is 0 Å². The van der Waals surface area contributed by atoms with Crippen LogP contribution in [0.15, 0.2) is 28.7 Å². The Morgan fingerprint density at radius 2 is 2.17 bits per heavy atom. The molecule has 1 aromatic rings. The van der Waals surface area contributed by atoms with Gasteiger partial charge in [0.05, 0.1) is 18.8 Å². The van der Waals surface area contributed by atoms with E-state index in [9.17, 15) is 10.2 Å². The molecular weight excluding hydrogens is 298 g/mol. The third-order valence-corrected chi connectivity index (χ3v) is 3.08. The van der Waals surface area contributed by atoms with Crippen LogP contribution >= 0.6 is 15.9 Å². The fourth-order valence-electron chi connectivity index (χ4n) is 1.61. The molecule has 2 atom stereocenters. The number of hydrogen-bond acceptors (Lipinski definition) is 4. The Bertz CT molecular complexity index is 349. The molecule has 0 amide bonds. The minimum atomic E-state index is -0.540. The van der Waals surface area contributed by atoms with Gasteiger partial charge in [0, 0.05) is 18.1 Å². The van der Waals surface area contributed by atoms with Gasteiger partial charge in [0.2, 0.25) is 0 Å². The minimum absolute atomic E-state index is 0.343. The van der Waals surface area contributed by atoms with Crippen molar-refractivity contribution in [1.29, 1.82) is 0 Å². The molecule has 5 heteroatoms. The highest BCUT2D eigenvalue weighted by atomic mass is 79.9. The standard InChI is InChI=1S/C13H20BrNO3/c1-18-9-12(16)5-6-15-8-13(17)10-3-2-4-11(14)7-10/h2-4,7,12-13,15-17H,5-6,8-9H2,1H3. The lowest BCUT2D eigenvalue weighted by Crippen LogP contribution is -2.26. The number of aliphatic hydroxyl groups is 2. The zero-order valence-electron chi connectivity index (χ0n) is 10.5. The maximum Gasteiger partial charge on any atom is 0.0914 e. The van der Waals surface area contributed by atoms with E-state index in [0.717, 1.165) is 10.0 Å². The number of ether oxygens (including phenoxy) is 1. The monoisotopic (exact) mass is 317 g/mol. The van der Waals surface area contributed by atoms with Crippen LogP contribution in [0.3, 0.4) is 0 Å². The van der Waals surface area contributed by atoms with E-state index in [2.05, 4.69) is 21.2 Å². The molecule has 1 rings (SSSR count). The van der Waals surface area contributed by atoms with Crippen molar-refractivity contribution >= 4 is 15.9 Å². The second-order valence-electron chi connectivity index (χ2n) is 4.17. The Hall–Kier alpha value is -0.460. The molecule has 18 heavy (non-hydrogen) atoms. The first kappa shape index (κ1) is 15.6. The van der Waals surface area contributed by atoms with E-state index < -0.39 is 12.2 Å². The first-order chi connectivity index (χ1) is 8.63. The molecule has 0 saturated carbocycles. The minimum Gasteiger partial charge on any atom is -0.391 e. The average molecular weight is 318 g/mol. The van der Waals surface area contributed by atoms with Gasteiger partial charge in [0.15, 0.2) is 0 Å². The lowest BCUT2D eigenvalue weighted by atomic mass is 10.1. The highest BCUT2D eigenvalue weighted by molar-refractivity contribution is 9.10. The summed E-state index contributed by atoms with van der Waals surface area (Å²) in [6.07, 6.45) is -0.383. The molecule has 3 N–H and O–H groups in total. The third-order valence-electron chi connectivity index (χ3n) is 2.58. The van der Waals surface area contributed by atoms with Crippen LogP contribution in [0.4, 0.5) is 0 Å². The van der Waals surface area contributed by atoms with Gasteiger partial charge in [0.25, 0.3) is 0 Å². The Kier molecular flexibility index (Phi) is 7.46. The zero-order chi connectivity index (χ0) is 13.4. The number of rotatable bonds is 8. The first-order valence-corrected chi connectivity index (χ1v) is 6.74. The van der Waals surface area contributed by atoms with E-state index in [-0.39, 0.29) is 0 Å². The highest BCUT2D eigenvalue weighted by Gasteiger charge is 2.08. The molecule has 102 valence electrons. The quantitative estimate of drug-likeness (QED) is 0.635. The second kappa shape index (κ2) is 8.61. The summed E-state index contributed by atoms with van der Waals surface area (Å²) < 4.78 is 5.79. The van der Waals surface area contributed by atoms with Crippen LogP contribution in [0.25, 0.3) is 0 Å². The molecule has 0 spiro atoms. The summed E-state index contributed by atoms with van der Waals surface area (Å²) in [5.74, 6) is 0. The Labute approximate surface area is 116 Å². The summed E-state index contributed by atoms with van der Waals surface area (Å²) in [5, 5.41) is 22.5. The topological polar surface area (TPSA) is 61.7 Å². The van der Waals surface area contributed by atoms with E-state index in [1.807, 2.05) is 24.3 Å². The van der Waals surface area contributed by atoms with Crippen molar-refractivity contribution in [2.24, 2.45) is 0 Å². The van der Waals surface area contributed by atoms with E-state index >= 15 is 0 Å². The second-order valence-corrected chi connectivity index (χ2v) is 5.09. The normalized spacial score (nSPS) is 14.4. The van der Waals surface area contributed by atoms with Crippen molar-refractivity contribution in [2.75, 3.05) is 26.8 Å². The van der Waals surface area contributed by atoms with Crippen LogP contribution in [0.1, 0.15) is 18.1 Å². The maximum atomic E-state index is 9.94. The predicted molar refractivity (Wildman–Crippen MR) is 74.5 cm³/mol. The van der Waals surface area contributed by atoms with E-state index in [0.29, 0.717) is 26.1 Å². The Morgan fingerprint density at radius 3 is 2.83 bits per heavy atom. The molecule has 1 aromatic carbocycles. The largest absolute Gasteiger partial charge is 0.391 e. The van der Waals surface area contributed by atoms with E-state index in [4.69, 9.17) is 4.74 Å². The molecule has 2 unspecified atom stereocenters.